The molecule has 26 heavy (non-hydrogen) atoms. The lowest BCUT2D eigenvalue weighted by atomic mass is 10.1. The Bertz CT molecular complexity index is 819. The number of rotatable bonds is 6. The zero-order valence-corrected chi connectivity index (χ0v) is 15.2. The third-order valence-corrected chi connectivity index (χ3v) is 3.99. The van der Waals surface area contributed by atoms with Gasteiger partial charge in [0.25, 0.3) is 11.8 Å². The summed E-state index contributed by atoms with van der Waals surface area (Å²) in [7, 11) is 0. The molecular formula is C19H19ClN2O4. The number of esters is 1. The number of nitrogens with one attached hydrogen (secondary N) is 2. The van der Waals surface area contributed by atoms with E-state index in [9.17, 15) is 14.4 Å². The molecule has 2 N–H and O–H groups in total. The molecule has 0 aliphatic carbocycles. The molecule has 136 valence electrons. The van der Waals surface area contributed by atoms with Crippen LogP contribution >= 0.6 is 11.6 Å². The van der Waals surface area contributed by atoms with E-state index in [4.69, 9.17) is 16.3 Å². The highest BCUT2D eigenvalue weighted by Crippen LogP contribution is 2.17. The van der Waals surface area contributed by atoms with Gasteiger partial charge in [-0.3, -0.25) is 14.4 Å². The predicted octanol–water partition coefficient (Wildman–Crippen LogP) is 2.87. The second-order valence-electron chi connectivity index (χ2n) is 5.65. The Hall–Kier alpha value is -2.86. The average molecular weight is 375 g/mol. The molecule has 0 aliphatic heterocycles. The number of ether oxygens (including phenoxy) is 1. The third-order valence-electron chi connectivity index (χ3n) is 3.74. The van der Waals surface area contributed by atoms with Crippen molar-refractivity contribution in [2.75, 3.05) is 18.5 Å². The van der Waals surface area contributed by atoms with Gasteiger partial charge >= 0.3 is 5.97 Å². The Morgan fingerprint density at radius 1 is 1.04 bits per heavy atom. The number of carbonyl (C=O) groups is 3. The standard InChI is InChI=1S/C19H19ClN2O4/c1-12-4-3-5-16(13(12)2)22-17(23)11-26-18(24)10-21-19(25)14-6-8-15(20)9-7-14/h3-9H,10-11H2,1-2H3,(H,21,25)(H,22,23). The zero-order valence-electron chi connectivity index (χ0n) is 14.5. The summed E-state index contributed by atoms with van der Waals surface area (Å²) < 4.78 is 4.86. The molecule has 7 heteroatoms. The van der Waals surface area contributed by atoms with Gasteiger partial charge in [-0.05, 0) is 55.3 Å². The van der Waals surface area contributed by atoms with Crippen LogP contribution in [-0.4, -0.2) is 30.9 Å². The molecule has 2 rings (SSSR count). The van der Waals surface area contributed by atoms with Crippen molar-refractivity contribution < 1.29 is 19.1 Å². The lowest BCUT2D eigenvalue weighted by molar-refractivity contribution is -0.146. The fourth-order valence-electron chi connectivity index (χ4n) is 2.13. The van der Waals surface area contributed by atoms with Crippen molar-refractivity contribution in [3.8, 4) is 0 Å². The molecular weight excluding hydrogens is 356 g/mol. The molecule has 6 nitrogen and oxygen atoms in total. The van der Waals surface area contributed by atoms with E-state index in [-0.39, 0.29) is 6.54 Å². The number of carbonyl (C=O) groups excluding carboxylic acids is 3. The maximum Gasteiger partial charge on any atom is 0.325 e. The molecule has 0 unspecified atom stereocenters. The Labute approximate surface area is 156 Å². The predicted molar refractivity (Wildman–Crippen MR) is 99.3 cm³/mol. The smallest absolute Gasteiger partial charge is 0.325 e. The van der Waals surface area contributed by atoms with Crippen LogP contribution in [0.2, 0.25) is 5.02 Å². The largest absolute Gasteiger partial charge is 0.454 e. The van der Waals surface area contributed by atoms with Crippen LogP contribution in [0.15, 0.2) is 42.5 Å². The number of benzene rings is 2. The summed E-state index contributed by atoms with van der Waals surface area (Å²) in [5, 5.41) is 5.62. The van der Waals surface area contributed by atoms with E-state index in [2.05, 4.69) is 10.6 Å². The normalized spacial score (nSPS) is 10.1. The molecule has 0 spiro atoms. The molecule has 0 heterocycles. The molecule has 0 fully saturated rings. The highest BCUT2D eigenvalue weighted by atomic mass is 35.5. The molecule has 0 aromatic heterocycles. The van der Waals surface area contributed by atoms with Crippen LogP contribution in [0.5, 0.6) is 0 Å². The van der Waals surface area contributed by atoms with E-state index >= 15 is 0 Å². The minimum absolute atomic E-state index is 0.335. The first-order chi connectivity index (χ1) is 12.4. The van der Waals surface area contributed by atoms with Gasteiger partial charge < -0.3 is 15.4 Å². The van der Waals surface area contributed by atoms with Gasteiger partial charge in [0, 0.05) is 16.3 Å². The monoisotopic (exact) mass is 374 g/mol. The summed E-state index contributed by atoms with van der Waals surface area (Å²) >= 11 is 5.75. The van der Waals surface area contributed by atoms with Crippen LogP contribution in [0.1, 0.15) is 21.5 Å². The number of aryl methyl sites for hydroxylation is 1. The summed E-state index contributed by atoms with van der Waals surface area (Å²) in [6.45, 7) is 3.07. The van der Waals surface area contributed by atoms with Gasteiger partial charge in [-0.25, -0.2) is 0 Å². The number of hydrogen-bond donors (Lipinski definition) is 2. The average Bonchev–Trinajstić information content (AvgIpc) is 2.62. The number of halogens is 1. The second kappa shape index (κ2) is 9.01. The minimum Gasteiger partial charge on any atom is -0.454 e. The van der Waals surface area contributed by atoms with Gasteiger partial charge in [-0.1, -0.05) is 23.7 Å². The third kappa shape index (κ3) is 5.60. The van der Waals surface area contributed by atoms with Gasteiger partial charge in [0.15, 0.2) is 6.61 Å². The lowest BCUT2D eigenvalue weighted by Gasteiger charge is -2.11. The van der Waals surface area contributed by atoms with E-state index < -0.39 is 24.4 Å². The van der Waals surface area contributed by atoms with Gasteiger partial charge in [-0.15, -0.1) is 0 Å². The summed E-state index contributed by atoms with van der Waals surface area (Å²) in [6, 6.07) is 11.8. The van der Waals surface area contributed by atoms with E-state index in [1.165, 1.54) is 0 Å². The quantitative estimate of drug-likeness (QED) is 0.761. The molecule has 2 aromatic rings. The second-order valence-corrected chi connectivity index (χ2v) is 6.08. The Morgan fingerprint density at radius 2 is 1.73 bits per heavy atom. The fourth-order valence-corrected chi connectivity index (χ4v) is 2.25. The van der Waals surface area contributed by atoms with Crippen LogP contribution in [0.3, 0.4) is 0 Å². The van der Waals surface area contributed by atoms with Crippen LogP contribution < -0.4 is 10.6 Å². The Kier molecular flexibility index (Phi) is 6.74. The number of anilines is 1. The molecule has 0 aliphatic rings. The molecule has 0 saturated carbocycles. The van der Waals surface area contributed by atoms with Gasteiger partial charge in [0.2, 0.25) is 0 Å². The lowest BCUT2D eigenvalue weighted by Crippen LogP contribution is -2.32. The maximum atomic E-state index is 11.9. The molecule has 0 radical (unpaired) electrons. The number of amides is 2. The van der Waals surface area contributed by atoms with Crippen molar-refractivity contribution >= 4 is 35.1 Å². The van der Waals surface area contributed by atoms with Gasteiger partial charge in [-0.2, -0.15) is 0 Å². The number of hydrogen-bond acceptors (Lipinski definition) is 4. The molecule has 0 atom stereocenters. The highest BCUT2D eigenvalue weighted by Gasteiger charge is 2.12. The van der Waals surface area contributed by atoms with Gasteiger partial charge in [0.05, 0.1) is 0 Å². The summed E-state index contributed by atoms with van der Waals surface area (Å²) in [6.07, 6.45) is 0. The van der Waals surface area contributed by atoms with E-state index in [1.807, 2.05) is 26.0 Å². The molecule has 2 aromatic carbocycles. The van der Waals surface area contributed by atoms with Crippen LogP contribution in [0.25, 0.3) is 0 Å². The van der Waals surface area contributed by atoms with Crippen LogP contribution in [0, 0.1) is 13.8 Å². The van der Waals surface area contributed by atoms with E-state index in [0.29, 0.717) is 16.3 Å². The zero-order chi connectivity index (χ0) is 19.1. The first kappa shape index (κ1) is 19.5. The molecule has 0 bridgehead atoms. The van der Waals surface area contributed by atoms with Crippen molar-refractivity contribution in [3.63, 3.8) is 0 Å². The van der Waals surface area contributed by atoms with Crippen molar-refractivity contribution in [2.45, 2.75) is 13.8 Å². The van der Waals surface area contributed by atoms with Crippen molar-refractivity contribution in [2.24, 2.45) is 0 Å². The van der Waals surface area contributed by atoms with Crippen molar-refractivity contribution in [1.82, 2.24) is 5.32 Å². The SMILES string of the molecule is Cc1cccc(NC(=O)COC(=O)CNC(=O)c2ccc(Cl)cc2)c1C. The maximum absolute atomic E-state index is 11.9. The Balaban J connectivity index is 1.76. The topological polar surface area (TPSA) is 84.5 Å². The minimum atomic E-state index is -0.705. The van der Waals surface area contributed by atoms with E-state index in [1.54, 1.807) is 30.3 Å². The van der Waals surface area contributed by atoms with Crippen LogP contribution in [-0.2, 0) is 14.3 Å². The summed E-state index contributed by atoms with van der Waals surface area (Å²) in [4.78, 5) is 35.4. The molecule has 2 amide bonds. The molecule has 0 saturated heterocycles. The highest BCUT2D eigenvalue weighted by molar-refractivity contribution is 6.30. The Morgan fingerprint density at radius 3 is 2.42 bits per heavy atom. The van der Waals surface area contributed by atoms with Crippen LogP contribution in [0.4, 0.5) is 5.69 Å². The van der Waals surface area contributed by atoms with Crippen molar-refractivity contribution in [1.29, 1.82) is 0 Å². The van der Waals surface area contributed by atoms with E-state index in [0.717, 1.165) is 11.1 Å². The van der Waals surface area contributed by atoms with Crippen molar-refractivity contribution in [3.05, 3.63) is 64.2 Å². The first-order valence-corrected chi connectivity index (χ1v) is 8.30. The van der Waals surface area contributed by atoms with Gasteiger partial charge in [0.1, 0.15) is 6.54 Å². The summed E-state index contributed by atoms with van der Waals surface area (Å²) in [5.74, 6) is -1.59. The summed E-state index contributed by atoms with van der Waals surface area (Å²) in [5.41, 5.74) is 3.03. The first-order valence-electron chi connectivity index (χ1n) is 7.92. The fraction of sp³-hybridized carbons (Fsp3) is 0.211.